The largest absolute Gasteiger partial charge is 0.382 e. The van der Waals surface area contributed by atoms with Crippen LogP contribution in [0.5, 0.6) is 0 Å². The van der Waals surface area contributed by atoms with Crippen molar-refractivity contribution in [1.82, 2.24) is 9.27 Å². The lowest BCUT2D eigenvalue weighted by atomic mass is 10.1. The van der Waals surface area contributed by atoms with Crippen LogP contribution in [0.25, 0.3) is 11.1 Å². The van der Waals surface area contributed by atoms with Gasteiger partial charge >= 0.3 is 0 Å². The SMILES string of the molecule is CN(C)C(=O)CCNc1snc(N)c1-c1ccccc1. The second-order valence-corrected chi connectivity index (χ2v) is 5.38. The highest BCUT2D eigenvalue weighted by Gasteiger charge is 2.13. The number of hydrogen-bond donors (Lipinski definition) is 2. The molecule has 0 aliphatic heterocycles. The molecule has 0 unspecified atom stereocenters. The van der Waals surface area contributed by atoms with E-state index in [1.54, 1.807) is 19.0 Å². The fourth-order valence-corrected chi connectivity index (χ4v) is 2.57. The minimum Gasteiger partial charge on any atom is -0.382 e. The first-order chi connectivity index (χ1) is 9.59. The molecule has 6 heteroatoms. The fraction of sp³-hybridized carbons (Fsp3) is 0.286. The van der Waals surface area contributed by atoms with Crippen molar-refractivity contribution in [2.75, 3.05) is 31.7 Å². The Balaban J connectivity index is 2.09. The smallest absolute Gasteiger partial charge is 0.223 e. The van der Waals surface area contributed by atoms with Crippen LogP contribution in [0.3, 0.4) is 0 Å². The molecular weight excluding hydrogens is 272 g/mol. The number of nitrogens with two attached hydrogens (primary N) is 1. The van der Waals surface area contributed by atoms with Crippen LogP contribution in [0.1, 0.15) is 6.42 Å². The summed E-state index contributed by atoms with van der Waals surface area (Å²) in [7, 11) is 3.50. The van der Waals surface area contributed by atoms with E-state index in [1.165, 1.54) is 11.5 Å². The molecule has 5 nitrogen and oxygen atoms in total. The van der Waals surface area contributed by atoms with E-state index < -0.39 is 0 Å². The van der Waals surface area contributed by atoms with E-state index >= 15 is 0 Å². The number of aromatic nitrogens is 1. The molecule has 2 aromatic rings. The summed E-state index contributed by atoms with van der Waals surface area (Å²) >= 11 is 1.32. The molecule has 0 radical (unpaired) electrons. The number of rotatable bonds is 5. The lowest BCUT2D eigenvalue weighted by Gasteiger charge is -2.11. The van der Waals surface area contributed by atoms with E-state index in [2.05, 4.69) is 9.69 Å². The summed E-state index contributed by atoms with van der Waals surface area (Å²) in [4.78, 5) is 13.1. The number of benzene rings is 1. The van der Waals surface area contributed by atoms with Crippen molar-refractivity contribution in [1.29, 1.82) is 0 Å². The minimum absolute atomic E-state index is 0.0937. The molecule has 0 saturated heterocycles. The summed E-state index contributed by atoms with van der Waals surface area (Å²) in [6.45, 7) is 0.568. The highest BCUT2D eigenvalue weighted by atomic mass is 32.1. The summed E-state index contributed by atoms with van der Waals surface area (Å²) in [6.07, 6.45) is 0.443. The third kappa shape index (κ3) is 3.27. The zero-order valence-electron chi connectivity index (χ0n) is 11.6. The van der Waals surface area contributed by atoms with Gasteiger partial charge in [-0.2, -0.15) is 4.37 Å². The molecule has 0 saturated carbocycles. The Kier molecular flexibility index (Phi) is 4.57. The quantitative estimate of drug-likeness (QED) is 0.886. The highest BCUT2D eigenvalue weighted by Crippen LogP contribution is 2.36. The monoisotopic (exact) mass is 290 g/mol. The van der Waals surface area contributed by atoms with E-state index in [-0.39, 0.29) is 5.91 Å². The molecule has 106 valence electrons. The molecule has 1 aromatic heterocycles. The van der Waals surface area contributed by atoms with E-state index in [4.69, 9.17) is 5.73 Å². The average Bonchev–Trinajstić information content (AvgIpc) is 2.80. The molecule has 20 heavy (non-hydrogen) atoms. The van der Waals surface area contributed by atoms with Crippen molar-refractivity contribution >= 4 is 28.3 Å². The van der Waals surface area contributed by atoms with Gasteiger partial charge in [-0.1, -0.05) is 30.3 Å². The van der Waals surface area contributed by atoms with Crippen molar-refractivity contribution in [3.8, 4) is 11.1 Å². The van der Waals surface area contributed by atoms with E-state index in [1.807, 2.05) is 30.3 Å². The van der Waals surface area contributed by atoms with Crippen LogP contribution in [-0.2, 0) is 4.79 Å². The van der Waals surface area contributed by atoms with Gasteiger partial charge in [0.1, 0.15) is 10.8 Å². The summed E-state index contributed by atoms with van der Waals surface area (Å²) in [5.41, 5.74) is 7.88. The molecule has 1 amide bonds. The molecule has 0 fully saturated rings. The average molecular weight is 290 g/mol. The highest BCUT2D eigenvalue weighted by molar-refractivity contribution is 7.11. The minimum atomic E-state index is 0.0937. The summed E-state index contributed by atoms with van der Waals surface area (Å²) in [6, 6.07) is 9.88. The lowest BCUT2D eigenvalue weighted by Crippen LogP contribution is -2.23. The lowest BCUT2D eigenvalue weighted by molar-refractivity contribution is -0.128. The standard InChI is InChI=1S/C14H18N4OS/c1-18(2)11(19)8-9-16-14-12(13(15)17-20-14)10-6-4-3-5-7-10/h3-7,16H,8-9H2,1-2H3,(H2,15,17). The Hall–Kier alpha value is -2.08. The van der Waals surface area contributed by atoms with Crippen LogP contribution < -0.4 is 11.1 Å². The number of nitrogens with zero attached hydrogens (tertiary/aromatic N) is 2. The Morgan fingerprint density at radius 3 is 2.70 bits per heavy atom. The Bertz CT molecular complexity index is 580. The van der Waals surface area contributed by atoms with Crippen LogP contribution in [0.15, 0.2) is 30.3 Å². The number of hydrogen-bond acceptors (Lipinski definition) is 5. The molecule has 3 N–H and O–H groups in total. The molecule has 0 aliphatic carbocycles. The molecule has 0 spiro atoms. The zero-order chi connectivity index (χ0) is 14.5. The Morgan fingerprint density at radius 1 is 1.35 bits per heavy atom. The summed E-state index contributed by atoms with van der Waals surface area (Å²) in [5.74, 6) is 0.610. The predicted molar refractivity (Wildman–Crippen MR) is 83.8 cm³/mol. The van der Waals surface area contributed by atoms with E-state index in [0.29, 0.717) is 18.8 Å². The topological polar surface area (TPSA) is 71.2 Å². The van der Waals surface area contributed by atoms with Crippen molar-refractivity contribution in [2.24, 2.45) is 0 Å². The van der Waals surface area contributed by atoms with Crippen molar-refractivity contribution in [3.05, 3.63) is 30.3 Å². The summed E-state index contributed by atoms with van der Waals surface area (Å²) in [5, 5.41) is 4.15. The number of nitrogens with one attached hydrogen (secondary N) is 1. The zero-order valence-corrected chi connectivity index (χ0v) is 12.4. The number of nitrogen functional groups attached to an aromatic ring is 1. The van der Waals surface area contributed by atoms with Gasteiger partial charge in [0, 0.05) is 27.1 Å². The maximum Gasteiger partial charge on any atom is 0.223 e. The number of amides is 1. The van der Waals surface area contributed by atoms with Gasteiger partial charge in [-0.05, 0) is 17.1 Å². The Labute approximate surface area is 122 Å². The number of carbonyl (C=O) groups excluding carboxylic acids is 1. The van der Waals surface area contributed by atoms with Gasteiger partial charge in [-0.3, -0.25) is 4.79 Å². The van der Waals surface area contributed by atoms with Crippen LogP contribution in [-0.4, -0.2) is 35.8 Å². The third-order valence-electron chi connectivity index (χ3n) is 2.90. The maximum absolute atomic E-state index is 11.5. The van der Waals surface area contributed by atoms with Crippen LogP contribution >= 0.6 is 11.5 Å². The van der Waals surface area contributed by atoms with Gasteiger partial charge in [0.15, 0.2) is 0 Å². The molecule has 0 aliphatic rings. The normalized spacial score (nSPS) is 10.3. The second-order valence-electron chi connectivity index (χ2n) is 4.60. The maximum atomic E-state index is 11.5. The van der Waals surface area contributed by atoms with Crippen LogP contribution in [0.4, 0.5) is 10.8 Å². The van der Waals surface area contributed by atoms with E-state index in [0.717, 1.165) is 16.1 Å². The Morgan fingerprint density at radius 2 is 2.05 bits per heavy atom. The fourth-order valence-electron chi connectivity index (χ4n) is 1.81. The van der Waals surface area contributed by atoms with Crippen LogP contribution in [0.2, 0.25) is 0 Å². The number of anilines is 2. The molecule has 0 atom stereocenters. The van der Waals surface area contributed by atoms with Gasteiger partial charge in [-0.25, -0.2) is 0 Å². The van der Waals surface area contributed by atoms with Gasteiger partial charge in [-0.15, -0.1) is 0 Å². The first-order valence-electron chi connectivity index (χ1n) is 6.34. The molecular formula is C14H18N4OS. The van der Waals surface area contributed by atoms with Gasteiger partial charge in [0.05, 0.1) is 5.56 Å². The van der Waals surface area contributed by atoms with Crippen molar-refractivity contribution in [3.63, 3.8) is 0 Å². The summed E-state index contributed by atoms with van der Waals surface area (Å²) < 4.78 is 4.19. The first-order valence-corrected chi connectivity index (χ1v) is 7.11. The first kappa shape index (κ1) is 14.3. The van der Waals surface area contributed by atoms with Gasteiger partial charge < -0.3 is 16.0 Å². The van der Waals surface area contributed by atoms with Crippen molar-refractivity contribution < 1.29 is 4.79 Å². The molecule has 1 aromatic carbocycles. The molecule has 2 rings (SSSR count). The molecule has 0 bridgehead atoms. The number of carbonyl (C=O) groups is 1. The second kappa shape index (κ2) is 6.38. The van der Waals surface area contributed by atoms with Crippen molar-refractivity contribution in [2.45, 2.75) is 6.42 Å². The third-order valence-corrected chi connectivity index (χ3v) is 3.72. The van der Waals surface area contributed by atoms with E-state index in [9.17, 15) is 4.79 Å². The predicted octanol–water partition coefficient (Wildman–Crippen LogP) is 2.28. The molecule has 1 heterocycles. The van der Waals surface area contributed by atoms with Crippen LogP contribution in [0, 0.1) is 0 Å². The van der Waals surface area contributed by atoms with Gasteiger partial charge in [0.25, 0.3) is 0 Å². The van der Waals surface area contributed by atoms with Gasteiger partial charge in [0.2, 0.25) is 5.91 Å².